The molecule has 0 aliphatic rings. The van der Waals surface area contributed by atoms with Gasteiger partial charge in [-0.25, -0.2) is 0 Å². The van der Waals surface area contributed by atoms with Crippen LogP contribution in [0.5, 0.6) is 11.5 Å². The first-order valence-electron chi connectivity index (χ1n) is 8.67. The molecule has 0 spiro atoms. The molecular formula is C19H30N2O4. The Morgan fingerprint density at radius 2 is 1.88 bits per heavy atom. The Kier molecular flexibility index (Phi) is 8.81. The van der Waals surface area contributed by atoms with E-state index in [1.807, 2.05) is 32.0 Å². The molecule has 1 rings (SSSR count). The number of benzene rings is 1. The third-order valence-corrected chi connectivity index (χ3v) is 4.29. The zero-order chi connectivity index (χ0) is 18.8. The molecule has 0 aromatic heterocycles. The summed E-state index contributed by atoms with van der Waals surface area (Å²) >= 11 is 0. The van der Waals surface area contributed by atoms with Gasteiger partial charge in [-0.3, -0.25) is 9.59 Å². The molecule has 1 aromatic rings. The van der Waals surface area contributed by atoms with Crippen molar-refractivity contribution in [1.29, 1.82) is 0 Å². The summed E-state index contributed by atoms with van der Waals surface area (Å²) < 4.78 is 10.5. The number of nitrogens with one attached hydrogen (secondary N) is 1. The van der Waals surface area contributed by atoms with Crippen LogP contribution in [-0.4, -0.2) is 50.1 Å². The van der Waals surface area contributed by atoms with Crippen molar-refractivity contribution in [1.82, 2.24) is 10.2 Å². The lowest BCUT2D eigenvalue weighted by Gasteiger charge is -2.27. The van der Waals surface area contributed by atoms with Gasteiger partial charge in [0.15, 0.2) is 11.5 Å². The predicted molar refractivity (Wildman–Crippen MR) is 98.0 cm³/mol. The third kappa shape index (κ3) is 6.64. The summed E-state index contributed by atoms with van der Waals surface area (Å²) in [5.41, 5.74) is 1.01. The van der Waals surface area contributed by atoms with Gasteiger partial charge >= 0.3 is 0 Å². The maximum Gasteiger partial charge on any atom is 0.220 e. The van der Waals surface area contributed by atoms with Crippen LogP contribution in [0.3, 0.4) is 0 Å². The van der Waals surface area contributed by atoms with Crippen LogP contribution >= 0.6 is 0 Å². The number of methoxy groups -OCH3 is 2. The molecule has 0 aliphatic carbocycles. The second kappa shape index (κ2) is 10.6. The quantitative estimate of drug-likeness (QED) is 0.704. The van der Waals surface area contributed by atoms with Crippen molar-refractivity contribution in [2.24, 2.45) is 0 Å². The van der Waals surface area contributed by atoms with Crippen molar-refractivity contribution in [3.63, 3.8) is 0 Å². The van der Waals surface area contributed by atoms with Crippen molar-refractivity contribution in [3.05, 3.63) is 23.8 Å². The van der Waals surface area contributed by atoms with Crippen LogP contribution in [0.1, 0.15) is 39.2 Å². The minimum absolute atomic E-state index is 0.0255. The maximum atomic E-state index is 12.0. The first-order valence-corrected chi connectivity index (χ1v) is 8.67. The zero-order valence-electron chi connectivity index (χ0n) is 15.9. The Hall–Kier alpha value is -2.24. The Morgan fingerprint density at radius 3 is 2.44 bits per heavy atom. The topological polar surface area (TPSA) is 67.9 Å². The predicted octanol–water partition coefficient (Wildman–Crippen LogP) is 2.40. The van der Waals surface area contributed by atoms with Gasteiger partial charge in [-0.2, -0.15) is 0 Å². The largest absolute Gasteiger partial charge is 0.493 e. The Balaban J connectivity index is 2.43. The molecule has 0 bridgehead atoms. The van der Waals surface area contributed by atoms with Gasteiger partial charge < -0.3 is 19.7 Å². The number of carbonyl (C=O) groups is 2. The summed E-state index contributed by atoms with van der Waals surface area (Å²) in [7, 11) is 3.18. The summed E-state index contributed by atoms with van der Waals surface area (Å²) in [5, 5.41) is 2.88. The van der Waals surface area contributed by atoms with Crippen LogP contribution in [0.2, 0.25) is 0 Å². The van der Waals surface area contributed by atoms with E-state index < -0.39 is 0 Å². The standard InChI is InChI=1S/C19H30N2O4/c1-6-14(2)21(15(3)22)12-11-20-19(23)10-8-16-7-9-17(24-4)18(13-16)25-5/h7,9,13-14H,6,8,10-12H2,1-5H3,(H,20,23). The number of nitrogens with zero attached hydrogens (tertiary/aromatic N) is 1. The summed E-state index contributed by atoms with van der Waals surface area (Å²) in [6, 6.07) is 5.83. The molecule has 6 heteroatoms. The Labute approximate surface area is 150 Å². The molecule has 0 heterocycles. The van der Waals surface area contributed by atoms with Gasteiger partial charge in [-0.05, 0) is 37.5 Å². The normalized spacial score (nSPS) is 11.6. The highest BCUT2D eigenvalue weighted by Gasteiger charge is 2.15. The van der Waals surface area contributed by atoms with Crippen molar-refractivity contribution < 1.29 is 19.1 Å². The molecule has 1 aromatic carbocycles. The summed E-state index contributed by atoms with van der Waals surface area (Å²) in [6.45, 7) is 6.62. The van der Waals surface area contributed by atoms with Crippen LogP contribution in [0.4, 0.5) is 0 Å². The van der Waals surface area contributed by atoms with E-state index in [0.717, 1.165) is 12.0 Å². The van der Waals surface area contributed by atoms with Crippen molar-refractivity contribution in [2.75, 3.05) is 27.3 Å². The molecule has 2 amide bonds. The second-order valence-electron chi connectivity index (χ2n) is 6.01. The molecule has 1 N–H and O–H groups in total. The number of ether oxygens (including phenoxy) is 2. The van der Waals surface area contributed by atoms with Crippen LogP contribution in [0, 0.1) is 0 Å². The van der Waals surface area contributed by atoms with Gasteiger partial charge in [0.1, 0.15) is 0 Å². The average molecular weight is 350 g/mol. The van der Waals surface area contributed by atoms with Crippen molar-refractivity contribution in [3.8, 4) is 11.5 Å². The van der Waals surface area contributed by atoms with E-state index in [0.29, 0.717) is 37.4 Å². The van der Waals surface area contributed by atoms with Gasteiger partial charge in [-0.15, -0.1) is 0 Å². The second-order valence-corrected chi connectivity index (χ2v) is 6.01. The number of hydrogen-bond acceptors (Lipinski definition) is 4. The average Bonchev–Trinajstić information content (AvgIpc) is 2.62. The van der Waals surface area contributed by atoms with Gasteiger partial charge in [0.05, 0.1) is 14.2 Å². The highest BCUT2D eigenvalue weighted by Crippen LogP contribution is 2.27. The molecule has 0 saturated carbocycles. The molecule has 1 unspecified atom stereocenters. The van der Waals surface area contributed by atoms with Gasteiger partial charge in [0, 0.05) is 32.5 Å². The summed E-state index contributed by atoms with van der Waals surface area (Å²) in [5.74, 6) is 1.34. The van der Waals surface area contributed by atoms with E-state index in [-0.39, 0.29) is 17.9 Å². The molecule has 1 atom stereocenters. The number of amides is 2. The lowest BCUT2D eigenvalue weighted by atomic mass is 10.1. The van der Waals surface area contributed by atoms with E-state index in [2.05, 4.69) is 5.32 Å². The van der Waals surface area contributed by atoms with E-state index in [1.165, 1.54) is 0 Å². The van der Waals surface area contributed by atoms with Crippen LogP contribution in [-0.2, 0) is 16.0 Å². The number of rotatable bonds is 10. The monoisotopic (exact) mass is 350 g/mol. The molecule has 0 aliphatic heterocycles. The molecule has 6 nitrogen and oxygen atoms in total. The van der Waals surface area contributed by atoms with Crippen LogP contribution in [0.15, 0.2) is 18.2 Å². The Morgan fingerprint density at radius 1 is 1.20 bits per heavy atom. The zero-order valence-corrected chi connectivity index (χ0v) is 15.9. The van der Waals surface area contributed by atoms with E-state index in [4.69, 9.17) is 9.47 Å². The lowest BCUT2D eigenvalue weighted by molar-refractivity contribution is -0.131. The summed E-state index contributed by atoms with van der Waals surface area (Å²) in [6.07, 6.45) is 1.90. The van der Waals surface area contributed by atoms with Crippen molar-refractivity contribution in [2.45, 2.75) is 46.1 Å². The fraction of sp³-hybridized carbons (Fsp3) is 0.579. The van der Waals surface area contributed by atoms with Crippen LogP contribution in [0.25, 0.3) is 0 Å². The van der Waals surface area contributed by atoms with Gasteiger partial charge in [0.2, 0.25) is 11.8 Å². The minimum Gasteiger partial charge on any atom is -0.493 e. The van der Waals surface area contributed by atoms with Crippen molar-refractivity contribution >= 4 is 11.8 Å². The van der Waals surface area contributed by atoms with E-state index in [9.17, 15) is 9.59 Å². The molecule has 140 valence electrons. The molecule has 0 radical (unpaired) electrons. The molecular weight excluding hydrogens is 320 g/mol. The van der Waals surface area contributed by atoms with Crippen LogP contribution < -0.4 is 14.8 Å². The lowest BCUT2D eigenvalue weighted by Crippen LogP contribution is -2.42. The van der Waals surface area contributed by atoms with E-state index >= 15 is 0 Å². The number of carbonyl (C=O) groups excluding carboxylic acids is 2. The molecule has 25 heavy (non-hydrogen) atoms. The minimum atomic E-state index is -0.0255. The fourth-order valence-corrected chi connectivity index (χ4v) is 2.61. The number of hydrogen-bond donors (Lipinski definition) is 1. The smallest absolute Gasteiger partial charge is 0.220 e. The van der Waals surface area contributed by atoms with Gasteiger partial charge in [-0.1, -0.05) is 13.0 Å². The highest BCUT2D eigenvalue weighted by molar-refractivity contribution is 5.76. The first-order chi connectivity index (χ1) is 11.9. The van der Waals surface area contributed by atoms with E-state index in [1.54, 1.807) is 26.0 Å². The molecule has 0 saturated heterocycles. The third-order valence-electron chi connectivity index (χ3n) is 4.29. The maximum absolute atomic E-state index is 12.0. The Bertz CT molecular complexity index is 575. The fourth-order valence-electron chi connectivity index (χ4n) is 2.61. The van der Waals surface area contributed by atoms with Gasteiger partial charge in [0.25, 0.3) is 0 Å². The first kappa shape index (κ1) is 20.8. The SMILES string of the molecule is CCC(C)N(CCNC(=O)CCc1ccc(OC)c(OC)c1)C(C)=O. The highest BCUT2D eigenvalue weighted by atomic mass is 16.5. The summed E-state index contributed by atoms with van der Waals surface area (Å²) in [4.78, 5) is 25.4. The molecule has 0 fully saturated rings. The number of aryl methyl sites for hydroxylation is 1.